The molecule has 2 rings (SSSR count). The van der Waals surface area contributed by atoms with Gasteiger partial charge in [-0.25, -0.2) is 4.39 Å². The van der Waals surface area contributed by atoms with Crippen LogP contribution in [0.5, 0.6) is 0 Å². The second-order valence-electron chi connectivity index (χ2n) is 2.77. The summed E-state index contributed by atoms with van der Waals surface area (Å²) in [5, 5.41) is -0.502. The van der Waals surface area contributed by atoms with Crippen LogP contribution in [0.1, 0.15) is 10.4 Å². The summed E-state index contributed by atoms with van der Waals surface area (Å²) in [6.45, 7) is 0. The summed E-state index contributed by atoms with van der Waals surface area (Å²) in [5.41, 5.74) is 0.575. The van der Waals surface area contributed by atoms with Gasteiger partial charge in [0.15, 0.2) is 0 Å². The molecular weight excluding hydrogens is 205 g/mol. The molecule has 1 aromatic carbocycles. The van der Waals surface area contributed by atoms with Gasteiger partial charge in [0.25, 0.3) is 5.24 Å². The van der Waals surface area contributed by atoms with Gasteiger partial charge in [-0.1, -0.05) is 6.07 Å². The van der Waals surface area contributed by atoms with Crippen molar-refractivity contribution in [1.82, 2.24) is 4.98 Å². The van der Waals surface area contributed by atoms with Gasteiger partial charge in [-0.2, -0.15) is 0 Å². The SMILES string of the molecule is O=C(Cl)c1ccnc2cccc(F)c12. The zero-order chi connectivity index (χ0) is 10.1. The molecule has 0 fully saturated rings. The van der Waals surface area contributed by atoms with Crippen molar-refractivity contribution in [2.24, 2.45) is 0 Å². The Morgan fingerprint density at radius 2 is 2.14 bits per heavy atom. The van der Waals surface area contributed by atoms with Gasteiger partial charge in [0, 0.05) is 17.1 Å². The standard InChI is InChI=1S/C10H5ClFNO/c11-10(14)6-4-5-13-8-3-1-2-7(12)9(6)8/h1-5H. The van der Waals surface area contributed by atoms with E-state index in [0.29, 0.717) is 5.52 Å². The Hall–Kier alpha value is -1.48. The molecule has 0 spiro atoms. The van der Waals surface area contributed by atoms with Crippen molar-refractivity contribution in [2.45, 2.75) is 0 Å². The Bertz CT molecular complexity index is 507. The molecule has 0 amide bonds. The first-order chi connectivity index (χ1) is 6.70. The first kappa shape index (κ1) is 9.09. The molecule has 1 heterocycles. The molecule has 70 valence electrons. The largest absolute Gasteiger partial charge is 0.276 e. The lowest BCUT2D eigenvalue weighted by atomic mass is 10.1. The highest BCUT2D eigenvalue weighted by Gasteiger charge is 2.11. The molecular formula is C10H5ClFNO. The molecule has 4 heteroatoms. The highest BCUT2D eigenvalue weighted by atomic mass is 35.5. The number of fused-ring (bicyclic) bond motifs is 1. The molecule has 0 unspecified atom stereocenters. The van der Waals surface area contributed by atoms with E-state index in [1.165, 1.54) is 24.4 Å². The summed E-state index contributed by atoms with van der Waals surface area (Å²) in [7, 11) is 0. The molecule has 0 aliphatic rings. The summed E-state index contributed by atoms with van der Waals surface area (Å²) < 4.78 is 13.4. The fraction of sp³-hybridized carbons (Fsp3) is 0. The summed E-state index contributed by atoms with van der Waals surface area (Å²) in [5.74, 6) is -0.486. The van der Waals surface area contributed by atoms with Gasteiger partial charge in [-0.15, -0.1) is 0 Å². The van der Waals surface area contributed by atoms with E-state index in [1.807, 2.05) is 0 Å². The average Bonchev–Trinajstić information content (AvgIpc) is 2.17. The predicted octanol–water partition coefficient (Wildman–Crippen LogP) is 2.75. The normalized spacial score (nSPS) is 10.4. The fourth-order valence-electron chi connectivity index (χ4n) is 1.33. The molecule has 0 saturated heterocycles. The van der Waals surface area contributed by atoms with Crippen LogP contribution in [0, 0.1) is 5.82 Å². The number of nitrogens with zero attached hydrogens (tertiary/aromatic N) is 1. The number of rotatable bonds is 1. The zero-order valence-corrected chi connectivity index (χ0v) is 7.75. The molecule has 1 aromatic heterocycles. The molecule has 0 bridgehead atoms. The smallest absolute Gasteiger partial charge is 0.253 e. The van der Waals surface area contributed by atoms with Crippen LogP contribution in [-0.2, 0) is 0 Å². The maximum Gasteiger partial charge on any atom is 0.253 e. The van der Waals surface area contributed by atoms with E-state index in [9.17, 15) is 9.18 Å². The van der Waals surface area contributed by atoms with Crippen LogP contribution in [0.3, 0.4) is 0 Å². The van der Waals surface area contributed by atoms with Crippen molar-refractivity contribution in [1.29, 1.82) is 0 Å². The summed E-state index contributed by atoms with van der Waals surface area (Å²) >= 11 is 5.32. The Morgan fingerprint density at radius 3 is 2.86 bits per heavy atom. The third kappa shape index (κ3) is 1.36. The van der Waals surface area contributed by atoms with Gasteiger partial charge < -0.3 is 0 Å². The molecule has 0 N–H and O–H groups in total. The van der Waals surface area contributed by atoms with E-state index in [-0.39, 0.29) is 10.9 Å². The summed E-state index contributed by atoms with van der Waals surface area (Å²) in [4.78, 5) is 14.9. The van der Waals surface area contributed by atoms with Gasteiger partial charge in [0.2, 0.25) is 0 Å². The van der Waals surface area contributed by atoms with Crippen molar-refractivity contribution >= 4 is 27.7 Å². The van der Waals surface area contributed by atoms with Gasteiger partial charge in [0.05, 0.1) is 5.52 Å². The number of pyridine rings is 1. The van der Waals surface area contributed by atoms with Crippen molar-refractivity contribution in [2.75, 3.05) is 0 Å². The van der Waals surface area contributed by atoms with E-state index >= 15 is 0 Å². The number of carbonyl (C=O) groups is 1. The van der Waals surface area contributed by atoms with E-state index in [2.05, 4.69) is 4.98 Å². The van der Waals surface area contributed by atoms with Crippen molar-refractivity contribution in [3.05, 3.63) is 41.8 Å². The van der Waals surface area contributed by atoms with Crippen LogP contribution in [-0.4, -0.2) is 10.2 Å². The first-order valence-electron chi connectivity index (χ1n) is 3.93. The minimum absolute atomic E-state index is 0.148. The maximum absolute atomic E-state index is 13.4. The van der Waals surface area contributed by atoms with Crippen molar-refractivity contribution in [3.8, 4) is 0 Å². The molecule has 0 aliphatic heterocycles. The number of hydrogen-bond donors (Lipinski definition) is 0. The maximum atomic E-state index is 13.4. The quantitative estimate of drug-likeness (QED) is 0.676. The van der Waals surface area contributed by atoms with Gasteiger partial charge in [0.1, 0.15) is 5.82 Å². The third-order valence-corrected chi connectivity index (χ3v) is 2.13. The fourth-order valence-corrected chi connectivity index (χ4v) is 1.48. The Kier molecular flexibility index (Phi) is 2.17. The zero-order valence-electron chi connectivity index (χ0n) is 7.00. The van der Waals surface area contributed by atoms with Crippen LogP contribution < -0.4 is 0 Å². The number of benzene rings is 1. The van der Waals surface area contributed by atoms with E-state index in [1.54, 1.807) is 6.07 Å². The lowest BCUT2D eigenvalue weighted by Gasteiger charge is -2.01. The van der Waals surface area contributed by atoms with Crippen LogP contribution in [0.2, 0.25) is 0 Å². The van der Waals surface area contributed by atoms with Crippen LogP contribution in [0.25, 0.3) is 10.9 Å². The molecule has 0 radical (unpaired) electrons. The topological polar surface area (TPSA) is 30.0 Å². The molecule has 2 aromatic rings. The number of halogens is 2. The second-order valence-corrected chi connectivity index (χ2v) is 3.11. The van der Waals surface area contributed by atoms with E-state index in [0.717, 1.165) is 0 Å². The third-order valence-electron chi connectivity index (χ3n) is 1.93. The molecule has 0 saturated carbocycles. The Morgan fingerprint density at radius 1 is 1.36 bits per heavy atom. The molecule has 0 atom stereocenters. The van der Waals surface area contributed by atoms with Crippen molar-refractivity contribution < 1.29 is 9.18 Å². The predicted molar refractivity (Wildman–Crippen MR) is 51.9 cm³/mol. The Labute approximate surface area is 84.3 Å². The number of aromatic nitrogens is 1. The highest BCUT2D eigenvalue weighted by Crippen LogP contribution is 2.21. The molecule has 14 heavy (non-hydrogen) atoms. The van der Waals surface area contributed by atoms with Crippen LogP contribution >= 0.6 is 11.6 Å². The number of hydrogen-bond acceptors (Lipinski definition) is 2. The van der Waals surface area contributed by atoms with Gasteiger partial charge >= 0.3 is 0 Å². The lowest BCUT2D eigenvalue weighted by molar-refractivity contribution is 0.108. The average molecular weight is 210 g/mol. The minimum atomic E-state index is -0.678. The van der Waals surface area contributed by atoms with Gasteiger partial charge in [-0.05, 0) is 29.8 Å². The molecule has 0 aliphatic carbocycles. The molecule has 2 nitrogen and oxygen atoms in total. The van der Waals surface area contributed by atoms with Crippen LogP contribution in [0.4, 0.5) is 4.39 Å². The summed E-state index contributed by atoms with van der Waals surface area (Å²) in [6.07, 6.45) is 1.43. The lowest BCUT2D eigenvalue weighted by Crippen LogP contribution is -1.94. The van der Waals surface area contributed by atoms with Gasteiger partial charge in [-0.3, -0.25) is 9.78 Å². The highest BCUT2D eigenvalue weighted by molar-refractivity contribution is 6.68. The van der Waals surface area contributed by atoms with E-state index in [4.69, 9.17) is 11.6 Å². The second kappa shape index (κ2) is 3.35. The summed E-state index contributed by atoms with van der Waals surface area (Å²) in [6, 6.07) is 5.84. The first-order valence-corrected chi connectivity index (χ1v) is 4.31. The van der Waals surface area contributed by atoms with Crippen molar-refractivity contribution in [3.63, 3.8) is 0 Å². The monoisotopic (exact) mass is 209 g/mol. The van der Waals surface area contributed by atoms with Crippen LogP contribution in [0.15, 0.2) is 30.5 Å². The number of carbonyl (C=O) groups excluding carboxylic acids is 1. The van der Waals surface area contributed by atoms with E-state index < -0.39 is 11.1 Å². The Balaban J connectivity index is 2.91. The minimum Gasteiger partial charge on any atom is -0.276 e.